The topological polar surface area (TPSA) is 32.8 Å². The van der Waals surface area contributed by atoms with Crippen LogP contribution in [0.4, 0.5) is 0 Å². The number of ether oxygens (including phenoxy) is 1. The first-order chi connectivity index (χ1) is 15.3. The Hall–Kier alpha value is -2.17. The lowest BCUT2D eigenvalue weighted by Gasteiger charge is -2.34. The van der Waals surface area contributed by atoms with E-state index in [4.69, 9.17) is 4.74 Å². The minimum absolute atomic E-state index is 0.211. The zero-order valence-corrected chi connectivity index (χ0v) is 18.4. The van der Waals surface area contributed by atoms with Gasteiger partial charge in [0.1, 0.15) is 6.10 Å². The van der Waals surface area contributed by atoms with Crippen molar-refractivity contribution in [2.45, 2.75) is 43.6 Å². The normalized spacial score (nSPS) is 27.6. The standard InChI is InChI=1S/C27H34N2O2/c30-27(26-12-7-17-31-26)29-19-24(25(20-29)23-10-5-2-6-11-23)18-28-15-13-22(14-16-28)21-8-3-1-4-9-21/h1-6,8-11,22,24-26H,7,12-20H2/t24?,25?,26-/m1/s1. The molecule has 5 rings (SSSR count). The summed E-state index contributed by atoms with van der Waals surface area (Å²) >= 11 is 0. The summed E-state index contributed by atoms with van der Waals surface area (Å²) in [6.45, 7) is 5.79. The van der Waals surface area contributed by atoms with Gasteiger partial charge in [-0.1, -0.05) is 60.7 Å². The van der Waals surface area contributed by atoms with Gasteiger partial charge in [0.2, 0.25) is 0 Å². The van der Waals surface area contributed by atoms with Crippen molar-refractivity contribution in [1.82, 2.24) is 9.80 Å². The number of piperidine rings is 1. The van der Waals surface area contributed by atoms with Gasteiger partial charge < -0.3 is 14.5 Å². The van der Waals surface area contributed by atoms with Crippen LogP contribution in [0, 0.1) is 5.92 Å². The fourth-order valence-corrected chi connectivity index (χ4v) is 5.80. The van der Waals surface area contributed by atoms with Crippen molar-refractivity contribution in [2.24, 2.45) is 5.92 Å². The minimum Gasteiger partial charge on any atom is -0.368 e. The number of rotatable bonds is 5. The number of carbonyl (C=O) groups is 1. The van der Waals surface area contributed by atoms with Gasteiger partial charge in [-0.05, 0) is 61.7 Å². The van der Waals surface area contributed by atoms with E-state index in [0.29, 0.717) is 17.8 Å². The molecule has 0 spiro atoms. The predicted molar refractivity (Wildman–Crippen MR) is 123 cm³/mol. The predicted octanol–water partition coefficient (Wildman–Crippen LogP) is 4.29. The quantitative estimate of drug-likeness (QED) is 0.726. The van der Waals surface area contributed by atoms with Crippen molar-refractivity contribution < 1.29 is 9.53 Å². The van der Waals surface area contributed by atoms with Crippen LogP contribution in [0.1, 0.15) is 48.6 Å². The van der Waals surface area contributed by atoms with Crippen LogP contribution >= 0.6 is 0 Å². The number of amides is 1. The van der Waals surface area contributed by atoms with E-state index in [1.165, 1.54) is 24.0 Å². The molecule has 2 aromatic rings. The molecule has 0 radical (unpaired) electrons. The Morgan fingerprint density at radius 3 is 2.19 bits per heavy atom. The summed E-state index contributed by atoms with van der Waals surface area (Å²) in [5.41, 5.74) is 2.85. The molecule has 0 saturated carbocycles. The largest absolute Gasteiger partial charge is 0.368 e. The van der Waals surface area contributed by atoms with Crippen molar-refractivity contribution in [2.75, 3.05) is 39.3 Å². The summed E-state index contributed by atoms with van der Waals surface area (Å²) in [5.74, 6) is 1.80. The van der Waals surface area contributed by atoms with Gasteiger partial charge in [0, 0.05) is 32.2 Å². The number of hydrogen-bond donors (Lipinski definition) is 0. The number of likely N-dealkylation sites (tertiary alicyclic amines) is 2. The third kappa shape index (κ3) is 4.70. The fourth-order valence-electron chi connectivity index (χ4n) is 5.80. The van der Waals surface area contributed by atoms with Gasteiger partial charge in [0.05, 0.1) is 0 Å². The summed E-state index contributed by atoms with van der Waals surface area (Å²) in [7, 11) is 0. The van der Waals surface area contributed by atoms with Crippen molar-refractivity contribution in [3.8, 4) is 0 Å². The maximum atomic E-state index is 13.0. The molecule has 3 atom stereocenters. The number of hydrogen-bond acceptors (Lipinski definition) is 3. The average molecular weight is 419 g/mol. The second-order valence-corrected chi connectivity index (χ2v) is 9.51. The first kappa shape index (κ1) is 20.7. The van der Waals surface area contributed by atoms with Gasteiger partial charge in [-0.3, -0.25) is 4.79 Å². The summed E-state index contributed by atoms with van der Waals surface area (Å²) in [5, 5.41) is 0. The van der Waals surface area contributed by atoms with Gasteiger partial charge >= 0.3 is 0 Å². The molecule has 2 unspecified atom stereocenters. The maximum Gasteiger partial charge on any atom is 0.251 e. The molecule has 0 aromatic heterocycles. The number of carbonyl (C=O) groups excluding carboxylic acids is 1. The van der Waals surface area contributed by atoms with Crippen LogP contribution < -0.4 is 0 Å². The molecule has 4 heteroatoms. The molecule has 0 bridgehead atoms. The summed E-state index contributed by atoms with van der Waals surface area (Å²) in [4.78, 5) is 17.8. The van der Waals surface area contributed by atoms with Crippen molar-refractivity contribution >= 4 is 5.91 Å². The van der Waals surface area contributed by atoms with Crippen LogP contribution in [-0.4, -0.2) is 61.1 Å². The summed E-state index contributed by atoms with van der Waals surface area (Å²) in [6, 6.07) is 21.8. The Kier molecular flexibility index (Phi) is 6.37. The number of benzene rings is 2. The highest BCUT2D eigenvalue weighted by Crippen LogP contribution is 2.36. The molecular weight excluding hydrogens is 384 g/mol. The van der Waals surface area contributed by atoms with Gasteiger partial charge in [-0.2, -0.15) is 0 Å². The lowest BCUT2D eigenvalue weighted by Crippen LogP contribution is -2.40. The highest BCUT2D eigenvalue weighted by Gasteiger charge is 2.40. The van der Waals surface area contributed by atoms with Crippen LogP contribution in [0.2, 0.25) is 0 Å². The minimum atomic E-state index is -0.211. The van der Waals surface area contributed by atoms with Gasteiger partial charge in [-0.25, -0.2) is 0 Å². The van der Waals surface area contributed by atoms with Crippen molar-refractivity contribution in [1.29, 1.82) is 0 Å². The highest BCUT2D eigenvalue weighted by molar-refractivity contribution is 5.81. The van der Waals surface area contributed by atoms with Crippen LogP contribution in [0.15, 0.2) is 60.7 Å². The van der Waals surface area contributed by atoms with Crippen LogP contribution in [0.3, 0.4) is 0 Å². The Morgan fingerprint density at radius 2 is 1.55 bits per heavy atom. The van der Waals surface area contributed by atoms with Crippen LogP contribution in [0.5, 0.6) is 0 Å². The molecule has 4 nitrogen and oxygen atoms in total. The Labute approximate surface area is 186 Å². The molecule has 0 aliphatic carbocycles. The smallest absolute Gasteiger partial charge is 0.251 e. The Bertz CT molecular complexity index is 842. The first-order valence-electron chi connectivity index (χ1n) is 12.0. The maximum absolute atomic E-state index is 13.0. The molecule has 3 saturated heterocycles. The molecule has 1 amide bonds. The zero-order chi connectivity index (χ0) is 21.0. The first-order valence-corrected chi connectivity index (χ1v) is 12.0. The van der Waals surface area contributed by atoms with E-state index in [9.17, 15) is 4.79 Å². The van der Waals surface area contributed by atoms with E-state index < -0.39 is 0 Å². The second kappa shape index (κ2) is 9.54. The average Bonchev–Trinajstić information content (AvgIpc) is 3.51. The molecule has 2 aromatic carbocycles. The van der Waals surface area contributed by atoms with E-state index >= 15 is 0 Å². The number of nitrogens with zero attached hydrogens (tertiary/aromatic N) is 2. The molecule has 3 aliphatic heterocycles. The van der Waals surface area contributed by atoms with E-state index in [0.717, 1.165) is 52.2 Å². The monoisotopic (exact) mass is 418 g/mol. The summed E-state index contributed by atoms with van der Waals surface area (Å²) < 4.78 is 5.71. The zero-order valence-electron chi connectivity index (χ0n) is 18.4. The molecule has 3 fully saturated rings. The van der Waals surface area contributed by atoms with Crippen LogP contribution in [0.25, 0.3) is 0 Å². The van der Waals surface area contributed by atoms with E-state index in [1.54, 1.807) is 0 Å². The van der Waals surface area contributed by atoms with Crippen LogP contribution in [-0.2, 0) is 9.53 Å². The van der Waals surface area contributed by atoms with Crippen molar-refractivity contribution in [3.05, 3.63) is 71.8 Å². The van der Waals surface area contributed by atoms with E-state index in [-0.39, 0.29) is 12.0 Å². The van der Waals surface area contributed by atoms with E-state index in [1.807, 2.05) is 0 Å². The molecule has 3 aliphatic rings. The molecule has 31 heavy (non-hydrogen) atoms. The van der Waals surface area contributed by atoms with E-state index in [2.05, 4.69) is 70.5 Å². The molecule has 164 valence electrons. The second-order valence-electron chi connectivity index (χ2n) is 9.51. The third-order valence-electron chi connectivity index (χ3n) is 7.54. The van der Waals surface area contributed by atoms with Gasteiger partial charge in [0.25, 0.3) is 5.91 Å². The molecule has 0 N–H and O–H groups in total. The Morgan fingerprint density at radius 1 is 0.871 bits per heavy atom. The lowest BCUT2D eigenvalue weighted by atomic mass is 9.86. The third-order valence-corrected chi connectivity index (χ3v) is 7.54. The molecular formula is C27H34N2O2. The van der Waals surface area contributed by atoms with Gasteiger partial charge in [0.15, 0.2) is 0 Å². The highest BCUT2D eigenvalue weighted by atomic mass is 16.5. The molecule has 3 heterocycles. The SMILES string of the molecule is O=C([C@H]1CCCO1)N1CC(CN2CCC(c3ccccc3)CC2)C(c2ccccc2)C1. The lowest BCUT2D eigenvalue weighted by molar-refractivity contribution is -0.140. The fraction of sp³-hybridized carbons (Fsp3) is 0.519. The van der Waals surface area contributed by atoms with Crippen molar-refractivity contribution in [3.63, 3.8) is 0 Å². The van der Waals surface area contributed by atoms with Gasteiger partial charge in [-0.15, -0.1) is 0 Å². The Balaban J connectivity index is 1.24. The summed E-state index contributed by atoms with van der Waals surface area (Å²) in [6.07, 6.45) is 4.13.